The van der Waals surface area contributed by atoms with Crippen LogP contribution in [0.3, 0.4) is 0 Å². The molecule has 0 bridgehead atoms. The highest BCUT2D eigenvalue weighted by Crippen LogP contribution is 2.15. The van der Waals surface area contributed by atoms with Gasteiger partial charge >= 0.3 is 5.97 Å². The fourth-order valence-electron chi connectivity index (χ4n) is 1.48. The Morgan fingerprint density at radius 2 is 2.21 bits per heavy atom. The predicted molar refractivity (Wildman–Crippen MR) is 72.9 cm³/mol. The van der Waals surface area contributed by atoms with Crippen LogP contribution in [-0.2, 0) is 16.0 Å². The number of hydrogen-bond acceptors (Lipinski definition) is 5. The molecule has 0 saturated heterocycles. The molecule has 0 saturated carbocycles. The summed E-state index contributed by atoms with van der Waals surface area (Å²) >= 11 is 0. The average molecular weight is 265 g/mol. The molecule has 0 aromatic heterocycles. The number of aliphatic hydroxyl groups excluding tert-OH is 2. The standard InChI is InChI=1S/C14H19NO4/c1-2-7-15-13-6-4-3-5-11(13)8-14(18)19-10-12(17)9-16/h2-6,12,15-17H,1,7-10H2. The van der Waals surface area contributed by atoms with Crippen molar-refractivity contribution >= 4 is 11.7 Å². The summed E-state index contributed by atoms with van der Waals surface area (Å²) in [4.78, 5) is 11.6. The Hall–Kier alpha value is -1.85. The van der Waals surface area contributed by atoms with E-state index in [0.29, 0.717) is 6.54 Å². The fraction of sp³-hybridized carbons (Fsp3) is 0.357. The maximum absolute atomic E-state index is 11.6. The van der Waals surface area contributed by atoms with Gasteiger partial charge in [0.15, 0.2) is 0 Å². The molecule has 0 aliphatic carbocycles. The van der Waals surface area contributed by atoms with Gasteiger partial charge in [-0.2, -0.15) is 0 Å². The van der Waals surface area contributed by atoms with Gasteiger partial charge in [-0.1, -0.05) is 24.3 Å². The highest BCUT2D eigenvalue weighted by Gasteiger charge is 2.10. The summed E-state index contributed by atoms with van der Waals surface area (Å²) in [7, 11) is 0. The minimum atomic E-state index is -1.03. The van der Waals surface area contributed by atoms with Crippen LogP contribution in [0.1, 0.15) is 5.56 Å². The van der Waals surface area contributed by atoms with Crippen LogP contribution in [-0.4, -0.2) is 42.0 Å². The van der Waals surface area contributed by atoms with E-state index >= 15 is 0 Å². The fourth-order valence-corrected chi connectivity index (χ4v) is 1.48. The Morgan fingerprint density at radius 1 is 1.47 bits per heavy atom. The van der Waals surface area contributed by atoms with Gasteiger partial charge in [-0.25, -0.2) is 0 Å². The van der Waals surface area contributed by atoms with Crippen molar-refractivity contribution in [3.05, 3.63) is 42.5 Å². The quantitative estimate of drug-likeness (QED) is 0.477. The van der Waals surface area contributed by atoms with Gasteiger partial charge in [0.05, 0.1) is 13.0 Å². The Morgan fingerprint density at radius 3 is 2.89 bits per heavy atom. The molecule has 19 heavy (non-hydrogen) atoms. The lowest BCUT2D eigenvalue weighted by Gasteiger charge is -2.11. The number of carbonyl (C=O) groups is 1. The van der Waals surface area contributed by atoms with Crippen LogP contribution in [0, 0.1) is 0 Å². The normalized spacial score (nSPS) is 11.7. The van der Waals surface area contributed by atoms with Crippen molar-refractivity contribution in [2.75, 3.05) is 25.1 Å². The smallest absolute Gasteiger partial charge is 0.310 e. The monoisotopic (exact) mass is 265 g/mol. The molecular formula is C14H19NO4. The zero-order valence-corrected chi connectivity index (χ0v) is 10.7. The van der Waals surface area contributed by atoms with Crippen molar-refractivity contribution in [3.63, 3.8) is 0 Å². The molecule has 104 valence electrons. The average Bonchev–Trinajstić information content (AvgIpc) is 2.43. The van der Waals surface area contributed by atoms with Crippen molar-refractivity contribution in [2.45, 2.75) is 12.5 Å². The third-order valence-corrected chi connectivity index (χ3v) is 2.44. The molecule has 1 aromatic carbocycles. The van der Waals surface area contributed by atoms with Crippen LogP contribution < -0.4 is 5.32 Å². The second-order valence-corrected chi connectivity index (χ2v) is 4.02. The van der Waals surface area contributed by atoms with E-state index < -0.39 is 18.7 Å². The first-order valence-electron chi connectivity index (χ1n) is 6.04. The van der Waals surface area contributed by atoms with Crippen molar-refractivity contribution in [3.8, 4) is 0 Å². The number of esters is 1. The molecule has 5 nitrogen and oxygen atoms in total. The van der Waals surface area contributed by atoms with Crippen molar-refractivity contribution in [2.24, 2.45) is 0 Å². The third kappa shape index (κ3) is 5.54. The highest BCUT2D eigenvalue weighted by atomic mass is 16.5. The van der Waals surface area contributed by atoms with Gasteiger partial charge in [0.2, 0.25) is 0 Å². The van der Waals surface area contributed by atoms with E-state index in [1.807, 2.05) is 24.3 Å². The number of carbonyl (C=O) groups excluding carboxylic acids is 1. The third-order valence-electron chi connectivity index (χ3n) is 2.44. The van der Waals surface area contributed by atoms with E-state index in [1.165, 1.54) is 0 Å². The summed E-state index contributed by atoms with van der Waals surface area (Å²) in [5, 5.41) is 20.8. The molecule has 0 aliphatic rings. The van der Waals surface area contributed by atoms with Gasteiger partial charge in [0.1, 0.15) is 12.7 Å². The van der Waals surface area contributed by atoms with Gasteiger partial charge in [-0.05, 0) is 11.6 Å². The lowest BCUT2D eigenvalue weighted by atomic mass is 10.1. The summed E-state index contributed by atoms with van der Waals surface area (Å²) < 4.78 is 4.86. The lowest BCUT2D eigenvalue weighted by Crippen LogP contribution is -2.22. The molecule has 1 rings (SSSR count). The number of rotatable bonds is 8. The summed E-state index contributed by atoms with van der Waals surface area (Å²) in [5.74, 6) is -0.444. The zero-order valence-electron chi connectivity index (χ0n) is 10.7. The summed E-state index contributed by atoms with van der Waals surface area (Å²) in [6.45, 7) is 3.60. The van der Waals surface area contributed by atoms with E-state index in [0.717, 1.165) is 11.3 Å². The van der Waals surface area contributed by atoms with Crippen molar-refractivity contribution < 1.29 is 19.7 Å². The predicted octanol–water partition coefficient (Wildman–Crippen LogP) is 0.723. The van der Waals surface area contributed by atoms with E-state index in [1.54, 1.807) is 6.08 Å². The Kier molecular flexibility index (Phi) is 6.63. The molecule has 3 N–H and O–H groups in total. The van der Waals surface area contributed by atoms with Crippen LogP contribution in [0.25, 0.3) is 0 Å². The molecule has 0 amide bonds. The maximum Gasteiger partial charge on any atom is 0.310 e. The topological polar surface area (TPSA) is 78.8 Å². The summed E-state index contributed by atoms with van der Waals surface area (Å²) in [5.41, 5.74) is 1.66. The molecule has 0 spiro atoms. The minimum Gasteiger partial charge on any atom is -0.463 e. The molecule has 1 unspecified atom stereocenters. The minimum absolute atomic E-state index is 0.110. The molecule has 1 atom stereocenters. The first kappa shape index (κ1) is 15.2. The van der Waals surface area contributed by atoms with Gasteiger partial charge in [-0.15, -0.1) is 6.58 Å². The van der Waals surface area contributed by atoms with Gasteiger partial charge in [0.25, 0.3) is 0 Å². The Labute approximate surface area is 112 Å². The van der Waals surface area contributed by atoms with Crippen LogP contribution in [0.5, 0.6) is 0 Å². The number of ether oxygens (including phenoxy) is 1. The Balaban J connectivity index is 2.55. The first-order chi connectivity index (χ1) is 9.17. The van der Waals surface area contributed by atoms with E-state index in [4.69, 9.17) is 14.9 Å². The van der Waals surface area contributed by atoms with E-state index in [-0.39, 0.29) is 13.0 Å². The number of hydrogen-bond donors (Lipinski definition) is 3. The number of para-hydroxylation sites is 1. The van der Waals surface area contributed by atoms with Crippen LogP contribution in [0.2, 0.25) is 0 Å². The van der Waals surface area contributed by atoms with E-state index in [2.05, 4.69) is 11.9 Å². The second-order valence-electron chi connectivity index (χ2n) is 4.02. The summed E-state index contributed by atoms with van der Waals surface area (Å²) in [6, 6.07) is 7.41. The van der Waals surface area contributed by atoms with Crippen LogP contribution in [0.15, 0.2) is 36.9 Å². The largest absolute Gasteiger partial charge is 0.463 e. The molecule has 0 aliphatic heterocycles. The van der Waals surface area contributed by atoms with Crippen LogP contribution >= 0.6 is 0 Å². The van der Waals surface area contributed by atoms with Gasteiger partial charge in [-0.3, -0.25) is 4.79 Å². The van der Waals surface area contributed by atoms with Crippen LogP contribution in [0.4, 0.5) is 5.69 Å². The summed E-state index contributed by atoms with van der Waals surface area (Å²) in [6.07, 6.45) is 0.809. The number of nitrogens with one attached hydrogen (secondary N) is 1. The number of benzene rings is 1. The molecular weight excluding hydrogens is 246 g/mol. The number of aliphatic hydroxyl groups is 2. The Bertz CT molecular complexity index is 420. The molecule has 5 heteroatoms. The molecule has 0 fully saturated rings. The van der Waals surface area contributed by atoms with E-state index in [9.17, 15) is 4.79 Å². The van der Waals surface area contributed by atoms with Crippen molar-refractivity contribution in [1.29, 1.82) is 0 Å². The van der Waals surface area contributed by atoms with Gasteiger partial charge < -0.3 is 20.3 Å². The van der Waals surface area contributed by atoms with Crippen molar-refractivity contribution in [1.82, 2.24) is 0 Å². The first-order valence-corrected chi connectivity index (χ1v) is 6.04. The molecule has 0 radical (unpaired) electrons. The van der Waals surface area contributed by atoms with Gasteiger partial charge in [0, 0.05) is 12.2 Å². The zero-order chi connectivity index (χ0) is 14.1. The lowest BCUT2D eigenvalue weighted by molar-refractivity contribution is -0.146. The maximum atomic E-state index is 11.6. The second kappa shape index (κ2) is 8.29. The number of anilines is 1. The molecule has 1 aromatic rings. The molecule has 0 heterocycles. The highest BCUT2D eigenvalue weighted by molar-refractivity contribution is 5.75. The SMILES string of the molecule is C=CCNc1ccccc1CC(=O)OCC(O)CO.